The maximum Gasteiger partial charge on any atom is 0.387 e. The average Bonchev–Trinajstić information content (AvgIpc) is 2.46. The number of carbonyl (C=O) groups is 1. The van der Waals surface area contributed by atoms with Gasteiger partial charge in [0.15, 0.2) is 0 Å². The van der Waals surface area contributed by atoms with E-state index in [0.29, 0.717) is 0 Å². The molecular formula is C14H11F2NO3. The highest BCUT2D eigenvalue weighted by Gasteiger charge is 2.22. The van der Waals surface area contributed by atoms with E-state index >= 15 is 0 Å². The summed E-state index contributed by atoms with van der Waals surface area (Å²) in [6, 6.07) is 9.00. The minimum atomic E-state index is -3.03. The second-order valence-electron chi connectivity index (χ2n) is 3.76. The van der Waals surface area contributed by atoms with Crippen molar-refractivity contribution in [1.29, 1.82) is 0 Å². The zero-order valence-electron chi connectivity index (χ0n) is 10.5. The van der Waals surface area contributed by atoms with Crippen LogP contribution in [0.25, 0.3) is 0 Å². The topological polar surface area (TPSA) is 48.4 Å². The highest BCUT2D eigenvalue weighted by Crippen LogP contribution is 2.31. The molecule has 1 aromatic carbocycles. The summed E-state index contributed by atoms with van der Waals surface area (Å²) in [6.07, 6.45) is 1.44. The van der Waals surface area contributed by atoms with E-state index in [1.807, 2.05) is 0 Å². The standard InChI is InChI=1S/C14H11F2NO3/c1-19-10-6-4-7-11(20-14(15)16)12(10)13(18)9-5-2-3-8-17-9/h2-8,14H,1H3. The predicted octanol–water partition coefficient (Wildman–Crippen LogP) is 2.92. The van der Waals surface area contributed by atoms with Crippen LogP contribution < -0.4 is 9.47 Å². The molecule has 0 aliphatic heterocycles. The van der Waals surface area contributed by atoms with E-state index in [2.05, 4.69) is 9.72 Å². The average molecular weight is 279 g/mol. The molecule has 2 rings (SSSR count). The largest absolute Gasteiger partial charge is 0.496 e. The Morgan fingerprint density at radius 1 is 1.15 bits per heavy atom. The number of rotatable bonds is 5. The lowest BCUT2D eigenvalue weighted by Crippen LogP contribution is -2.11. The van der Waals surface area contributed by atoms with Gasteiger partial charge in [0.1, 0.15) is 22.8 Å². The molecule has 0 N–H and O–H groups in total. The van der Waals surface area contributed by atoms with E-state index in [4.69, 9.17) is 4.74 Å². The molecule has 4 nitrogen and oxygen atoms in total. The van der Waals surface area contributed by atoms with Gasteiger partial charge in [-0.1, -0.05) is 12.1 Å². The number of alkyl halides is 2. The molecule has 0 unspecified atom stereocenters. The van der Waals surface area contributed by atoms with E-state index in [1.54, 1.807) is 12.1 Å². The zero-order valence-corrected chi connectivity index (χ0v) is 10.5. The quantitative estimate of drug-likeness (QED) is 0.790. The minimum Gasteiger partial charge on any atom is -0.496 e. The van der Waals surface area contributed by atoms with Crippen molar-refractivity contribution < 1.29 is 23.0 Å². The van der Waals surface area contributed by atoms with Gasteiger partial charge in [-0.25, -0.2) is 0 Å². The van der Waals surface area contributed by atoms with Crippen LogP contribution in [0, 0.1) is 0 Å². The van der Waals surface area contributed by atoms with Crippen LogP contribution in [-0.2, 0) is 0 Å². The van der Waals surface area contributed by atoms with Crippen LogP contribution in [0.5, 0.6) is 11.5 Å². The van der Waals surface area contributed by atoms with Crippen LogP contribution in [-0.4, -0.2) is 24.5 Å². The third kappa shape index (κ3) is 2.90. The molecule has 0 aliphatic rings. The van der Waals surface area contributed by atoms with Gasteiger partial charge in [0.05, 0.1) is 7.11 Å². The fourth-order valence-corrected chi connectivity index (χ4v) is 1.72. The van der Waals surface area contributed by atoms with Crippen molar-refractivity contribution in [3.05, 3.63) is 53.9 Å². The lowest BCUT2D eigenvalue weighted by atomic mass is 10.1. The Morgan fingerprint density at radius 3 is 2.50 bits per heavy atom. The summed E-state index contributed by atoms with van der Waals surface area (Å²) in [7, 11) is 1.34. The summed E-state index contributed by atoms with van der Waals surface area (Å²) in [6.45, 7) is -3.03. The molecule has 0 bridgehead atoms. The van der Waals surface area contributed by atoms with Crippen molar-refractivity contribution in [3.8, 4) is 11.5 Å². The molecule has 1 aromatic heterocycles. The number of ketones is 1. The lowest BCUT2D eigenvalue weighted by Gasteiger charge is -2.13. The molecule has 0 spiro atoms. The smallest absolute Gasteiger partial charge is 0.387 e. The van der Waals surface area contributed by atoms with Gasteiger partial charge < -0.3 is 9.47 Å². The fraction of sp³-hybridized carbons (Fsp3) is 0.143. The molecule has 0 saturated heterocycles. The number of benzene rings is 1. The summed E-state index contributed by atoms with van der Waals surface area (Å²) in [5.74, 6) is -0.632. The monoisotopic (exact) mass is 279 g/mol. The Balaban J connectivity index is 2.50. The van der Waals surface area contributed by atoms with E-state index in [1.165, 1.54) is 37.6 Å². The molecule has 0 fully saturated rings. The van der Waals surface area contributed by atoms with Crippen molar-refractivity contribution in [2.24, 2.45) is 0 Å². The summed E-state index contributed by atoms with van der Waals surface area (Å²) < 4.78 is 34.2. The van der Waals surface area contributed by atoms with Crippen LogP contribution in [0.3, 0.4) is 0 Å². The molecular weight excluding hydrogens is 268 g/mol. The lowest BCUT2D eigenvalue weighted by molar-refractivity contribution is -0.0502. The van der Waals surface area contributed by atoms with Crippen LogP contribution in [0.15, 0.2) is 42.6 Å². The number of hydrogen-bond acceptors (Lipinski definition) is 4. The number of halogens is 2. The molecule has 20 heavy (non-hydrogen) atoms. The van der Waals surface area contributed by atoms with Gasteiger partial charge in [-0.2, -0.15) is 8.78 Å². The van der Waals surface area contributed by atoms with Gasteiger partial charge in [0.25, 0.3) is 0 Å². The Labute approximate surface area is 114 Å². The molecule has 0 atom stereocenters. The van der Waals surface area contributed by atoms with E-state index in [0.717, 1.165) is 0 Å². The normalized spacial score (nSPS) is 10.4. The van der Waals surface area contributed by atoms with E-state index < -0.39 is 12.4 Å². The molecule has 0 amide bonds. The van der Waals surface area contributed by atoms with Crippen LogP contribution in [0.1, 0.15) is 16.1 Å². The van der Waals surface area contributed by atoms with E-state index in [9.17, 15) is 13.6 Å². The van der Waals surface area contributed by atoms with Crippen LogP contribution >= 0.6 is 0 Å². The number of hydrogen-bond donors (Lipinski definition) is 0. The van der Waals surface area contributed by atoms with Gasteiger partial charge in [0.2, 0.25) is 5.78 Å². The number of pyridine rings is 1. The first-order chi connectivity index (χ1) is 9.63. The second-order valence-corrected chi connectivity index (χ2v) is 3.76. The van der Waals surface area contributed by atoms with E-state index in [-0.39, 0.29) is 22.8 Å². The fourth-order valence-electron chi connectivity index (χ4n) is 1.72. The Morgan fingerprint density at radius 2 is 1.90 bits per heavy atom. The Bertz CT molecular complexity index is 603. The second kappa shape index (κ2) is 6.10. The highest BCUT2D eigenvalue weighted by molar-refractivity contribution is 6.11. The number of ether oxygens (including phenoxy) is 2. The third-order valence-corrected chi connectivity index (χ3v) is 2.55. The van der Waals surface area contributed by atoms with Crippen molar-refractivity contribution in [2.75, 3.05) is 7.11 Å². The summed E-state index contributed by atoms with van der Waals surface area (Å²) >= 11 is 0. The predicted molar refractivity (Wildman–Crippen MR) is 67.3 cm³/mol. The summed E-state index contributed by atoms with van der Waals surface area (Å²) in [4.78, 5) is 16.3. The molecule has 6 heteroatoms. The van der Waals surface area contributed by atoms with Gasteiger partial charge in [-0.3, -0.25) is 9.78 Å². The first kappa shape index (κ1) is 13.9. The zero-order chi connectivity index (χ0) is 14.5. The molecule has 2 aromatic rings. The first-order valence-corrected chi connectivity index (χ1v) is 5.71. The minimum absolute atomic E-state index is 0.0750. The number of carbonyl (C=O) groups excluding carboxylic acids is 1. The molecule has 104 valence electrons. The van der Waals surface area contributed by atoms with Crippen molar-refractivity contribution in [1.82, 2.24) is 4.98 Å². The highest BCUT2D eigenvalue weighted by atomic mass is 19.3. The Hall–Kier alpha value is -2.50. The van der Waals surface area contributed by atoms with Gasteiger partial charge in [0, 0.05) is 6.20 Å². The molecule has 0 radical (unpaired) electrons. The van der Waals surface area contributed by atoms with Gasteiger partial charge in [-0.15, -0.1) is 0 Å². The molecule has 0 aliphatic carbocycles. The maximum absolute atomic E-state index is 12.4. The number of methoxy groups -OCH3 is 1. The SMILES string of the molecule is COc1cccc(OC(F)F)c1C(=O)c1ccccn1. The maximum atomic E-state index is 12.4. The molecule has 0 saturated carbocycles. The number of nitrogens with zero attached hydrogens (tertiary/aromatic N) is 1. The van der Waals surface area contributed by atoms with Crippen molar-refractivity contribution >= 4 is 5.78 Å². The van der Waals surface area contributed by atoms with Gasteiger partial charge >= 0.3 is 6.61 Å². The van der Waals surface area contributed by atoms with Crippen LogP contribution in [0.4, 0.5) is 8.78 Å². The first-order valence-electron chi connectivity index (χ1n) is 5.71. The third-order valence-electron chi connectivity index (χ3n) is 2.55. The van der Waals surface area contributed by atoms with Crippen molar-refractivity contribution in [2.45, 2.75) is 6.61 Å². The van der Waals surface area contributed by atoms with Crippen molar-refractivity contribution in [3.63, 3.8) is 0 Å². The number of aromatic nitrogens is 1. The Kier molecular flexibility index (Phi) is 4.24. The molecule has 1 heterocycles. The van der Waals surface area contributed by atoms with Gasteiger partial charge in [-0.05, 0) is 24.3 Å². The van der Waals surface area contributed by atoms with Crippen LogP contribution in [0.2, 0.25) is 0 Å². The summed E-state index contributed by atoms with van der Waals surface area (Å²) in [5, 5.41) is 0. The summed E-state index contributed by atoms with van der Waals surface area (Å²) in [5.41, 5.74) is 0.0464.